The summed E-state index contributed by atoms with van der Waals surface area (Å²) in [6, 6.07) is 8.02. The van der Waals surface area contributed by atoms with Crippen molar-refractivity contribution in [2.24, 2.45) is 5.22 Å². The van der Waals surface area contributed by atoms with Gasteiger partial charge in [0.05, 0.1) is 12.7 Å². The van der Waals surface area contributed by atoms with Crippen LogP contribution in [0.15, 0.2) is 57.4 Å². The number of phosphoric ester groups is 1. The van der Waals surface area contributed by atoms with Crippen LogP contribution in [0.2, 0.25) is 0 Å². The quantitative estimate of drug-likeness (QED) is 0.101. The molecule has 2 heterocycles. The zero-order valence-electron chi connectivity index (χ0n) is 23.4. The van der Waals surface area contributed by atoms with Crippen LogP contribution in [0.4, 0.5) is 0 Å². The SMILES string of the molecule is CC(C)ON(C1CCCC1)[C@H](C(=O)OP(=O)(O)OC[C@H]1O[C@@H](n2ccc(=O)n(N=[N+]=[N-])c2=O)[C@H](O)[C@@H]1O)c1ccccc1. The lowest BCUT2D eigenvalue weighted by Gasteiger charge is -2.35. The summed E-state index contributed by atoms with van der Waals surface area (Å²) in [4.78, 5) is 56.7. The summed E-state index contributed by atoms with van der Waals surface area (Å²) in [5.41, 5.74) is 6.95. The number of azide groups is 1. The number of carbonyl (C=O) groups is 1. The third-order valence-corrected chi connectivity index (χ3v) is 7.83. The number of nitrogens with zero attached hydrogens (tertiary/aromatic N) is 6. The van der Waals surface area contributed by atoms with Gasteiger partial charge in [-0.3, -0.25) is 18.8 Å². The topological polar surface area (TPSA) is 228 Å². The van der Waals surface area contributed by atoms with Gasteiger partial charge in [0.2, 0.25) is 0 Å². The third-order valence-electron chi connectivity index (χ3n) is 6.95. The number of aliphatic hydroxyl groups is 2. The lowest BCUT2D eigenvalue weighted by atomic mass is 10.0. The van der Waals surface area contributed by atoms with Crippen molar-refractivity contribution in [1.29, 1.82) is 0 Å². The fraction of sp³-hybridized carbons (Fsp3) is 0.560. The molecular formula is C25H33N6O11P. The first-order valence-corrected chi connectivity index (χ1v) is 15.0. The molecule has 0 bridgehead atoms. The van der Waals surface area contributed by atoms with Crippen LogP contribution in [-0.2, 0) is 28.0 Å². The third kappa shape index (κ3) is 7.59. The number of aromatic nitrogens is 2. The number of hydroxylamine groups is 2. The number of benzene rings is 1. The average molecular weight is 625 g/mol. The minimum Gasteiger partial charge on any atom is -0.387 e. The molecule has 43 heavy (non-hydrogen) atoms. The molecule has 1 aliphatic heterocycles. The van der Waals surface area contributed by atoms with Crippen LogP contribution in [-0.4, -0.2) is 72.4 Å². The fourth-order valence-corrected chi connectivity index (χ4v) is 5.75. The highest BCUT2D eigenvalue weighted by atomic mass is 31.2. The fourth-order valence-electron chi connectivity index (χ4n) is 5.03. The Balaban J connectivity index is 1.49. The molecule has 17 nitrogen and oxygen atoms in total. The van der Waals surface area contributed by atoms with E-state index in [9.17, 15) is 34.1 Å². The van der Waals surface area contributed by atoms with Gasteiger partial charge >= 0.3 is 25.0 Å². The van der Waals surface area contributed by atoms with Crippen molar-refractivity contribution in [3.63, 3.8) is 0 Å². The van der Waals surface area contributed by atoms with E-state index in [1.165, 1.54) is 5.06 Å². The van der Waals surface area contributed by atoms with E-state index in [0.29, 0.717) is 10.1 Å². The highest BCUT2D eigenvalue weighted by Gasteiger charge is 2.47. The summed E-state index contributed by atoms with van der Waals surface area (Å²) in [6.07, 6.45) is -2.57. The normalized spacial score (nSPS) is 24.5. The Morgan fingerprint density at radius 1 is 1.19 bits per heavy atom. The lowest BCUT2D eigenvalue weighted by molar-refractivity contribution is -0.239. The highest BCUT2D eigenvalue weighted by molar-refractivity contribution is 7.48. The van der Waals surface area contributed by atoms with Crippen LogP contribution >= 0.6 is 7.82 Å². The Labute approximate surface area is 244 Å². The van der Waals surface area contributed by atoms with Crippen LogP contribution < -0.4 is 11.2 Å². The second-order valence-corrected chi connectivity index (χ2v) is 11.7. The zero-order chi connectivity index (χ0) is 31.3. The first kappa shape index (κ1) is 32.5. The molecule has 234 valence electrons. The number of hydrogen-bond acceptors (Lipinski definition) is 12. The van der Waals surface area contributed by atoms with Gasteiger partial charge in [0, 0.05) is 18.3 Å². The molecule has 0 spiro atoms. The summed E-state index contributed by atoms with van der Waals surface area (Å²) in [5, 5.41) is 25.5. The summed E-state index contributed by atoms with van der Waals surface area (Å²) in [6.45, 7) is 2.75. The molecule has 1 unspecified atom stereocenters. The predicted molar refractivity (Wildman–Crippen MR) is 147 cm³/mol. The smallest absolute Gasteiger partial charge is 0.387 e. The Morgan fingerprint density at radius 3 is 2.49 bits per heavy atom. The van der Waals surface area contributed by atoms with Crippen molar-refractivity contribution in [3.05, 3.63) is 79.4 Å². The number of ether oxygens (including phenoxy) is 1. The molecule has 2 fully saturated rings. The second kappa shape index (κ2) is 13.9. The van der Waals surface area contributed by atoms with Crippen molar-refractivity contribution in [2.45, 2.75) is 82.3 Å². The van der Waals surface area contributed by atoms with E-state index in [1.54, 1.807) is 44.2 Å². The van der Waals surface area contributed by atoms with Crippen LogP contribution in [0, 0.1) is 0 Å². The Kier molecular flexibility index (Phi) is 10.6. The molecule has 1 aliphatic carbocycles. The molecular weight excluding hydrogens is 591 g/mol. The maximum Gasteiger partial charge on any atom is 0.529 e. The molecule has 2 aromatic rings. The molecule has 1 aromatic heterocycles. The van der Waals surface area contributed by atoms with Crippen molar-refractivity contribution >= 4 is 13.8 Å². The molecule has 1 saturated heterocycles. The van der Waals surface area contributed by atoms with Gasteiger partial charge in [0.25, 0.3) is 0 Å². The first-order chi connectivity index (χ1) is 20.4. The van der Waals surface area contributed by atoms with Gasteiger partial charge in [-0.1, -0.05) is 47.8 Å². The van der Waals surface area contributed by atoms with Gasteiger partial charge in [0.15, 0.2) is 12.3 Å². The molecule has 1 saturated carbocycles. The van der Waals surface area contributed by atoms with Crippen LogP contribution in [0.1, 0.15) is 57.4 Å². The highest BCUT2D eigenvalue weighted by Crippen LogP contribution is 2.47. The van der Waals surface area contributed by atoms with Crippen molar-refractivity contribution in [3.8, 4) is 0 Å². The summed E-state index contributed by atoms with van der Waals surface area (Å²) >= 11 is 0. The molecule has 4 rings (SSSR count). The molecule has 6 atom stereocenters. The average Bonchev–Trinajstić information content (AvgIpc) is 3.59. The van der Waals surface area contributed by atoms with Crippen molar-refractivity contribution in [1.82, 2.24) is 14.3 Å². The largest absolute Gasteiger partial charge is 0.529 e. The number of rotatable bonds is 12. The van der Waals surface area contributed by atoms with Gasteiger partial charge in [-0.2, -0.15) is 9.97 Å². The van der Waals surface area contributed by atoms with E-state index in [0.717, 1.165) is 37.9 Å². The standard InChI is InChI=1S/C25H33N6O11P/c1-15(2)41-31(17-10-6-7-11-17)20(16-8-4-3-5-9-16)24(35)42-43(37,38)39-14-18-21(33)22(34)23(40-18)29-13-12-19(32)30(25(29)36)28-27-26/h3-5,8-9,12-13,15,17-18,20-23,33-34H,6-7,10-11,14H2,1-2H3,(H,37,38)/t18-,20+,21-,22-,23-/m1/s1. The predicted octanol–water partition coefficient (Wildman–Crippen LogP) is 1.69. The number of aliphatic hydroxyl groups excluding tert-OH is 2. The minimum atomic E-state index is -5.13. The monoisotopic (exact) mass is 624 g/mol. The van der Waals surface area contributed by atoms with Crippen LogP contribution in [0.25, 0.3) is 10.4 Å². The van der Waals surface area contributed by atoms with Gasteiger partial charge in [-0.25, -0.2) is 18.9 Å². The van der Waals surface area contributed by atoms with Gasteiger partial charge < -0.3 is 19.5 Å². The molecule has 1 aromatic carbocycles. The van der Waals surface area contributed by atoms with E-state index >= 15 is 0 Å². The van der Waals surface area contributed by atoms with E-state index in [4.69, 9.17) is 24.2 Å². The van der Waals surface area contributed by atoms with Gasteiger partial charge in [0.1, 0.15) is 18.3 Å². The zero-order valence-corrected chi connectivity index (χ0v) is 24.3. The Morgan fingerprint density at radius 2 is 1.86 bits per heavy atom. The van der Waals surface area contributed by atoms with Crippen LogP contribution in [0.5, 0.6) is 0 Å². The van der Waals surface area contributed by atoms with Crippen molar-refractivity contribution < 1.29 is 43.1 Å². The molecule has 3 N–H and O–H groups in total. The maximum absolute atomic E-state index is 13.5. The first-order valence-electron chi connectivity index (χ1n) is 13.6. The Bertz CT molecular complexity index is 1490. The minimum absolute atomic E-state index is 0.142. The second-order valence-electron chi connectivity index (χ2n) is 10.3. The molecule has 2 aliphatic rings. The van der Waals surface area contributed by atoms with Crippen molar-refractivity contribution in [2.75, 3.05) is 6.61 Å². The molecule has 0 amide bonds. The van der Waals surface area contributed by atoms with Crippen LogP contribution in [0.3, 0.4) is 0 Å². The molecule has 0 radical (unpaired) electrons. The number of carbonyl (C=O) groups excluding carboxylic acids is 1. The number of hydrogen-bond donors (Lipinski definition) is 3. The Hall–Kier alpha value is -3.37. The van der Waals surface area contributed by atoms with E-state index < -0.39 is 62.2 Å². The summed E-state index contributed by atoms with van der Waals surface area (Å²) in [5.74, 6) is -1.11. The summed E-state index contributed by atoms with van der Waals surface area (Å²) < 4.78 is 29.2. The number of phosphoric acid groups is 1. The van der Waals surface area contributed by atoms with Gasteiger partial charge in [-0.05, 0) is 37.5 Å². The summed E-state index contributed by atoms with van der Waals surface area (Å²) in [7, 11) is -5.13. The van der Waals surface area contributed by atoms with E-state index in [1.807, 2.05) is 0 Å². The molecule has 18 heteroatoms. The van der Waals surface area contributed by atoms with Gasteiger partial charge in [-0.15, -0.1) is 5.53 Å². The lowest BCUT2D eigenvalue weighted by Crippen LogP contribution is -2.42. The van der Waals surface area contributed by atoms with E-state index in [2.05, 4.69) is 10.1 Å². The van der Waals surface area contributed by atoms with E-state index in [-0.39, 0.29) is 16.8 Å². The maximum atomic E-state index is 13.5.